The third-order valence-corrected chi connectivity index (χ3v) is 2.50. The number of hydrogen-bond donors (Lipinski definition) is 2. The van der Waals surface area contributed by atoms with E-state index in [2.05, 4.69) is 32.0 Å². The number of benzene rings is 1. The topological polar surface area (TPSA) is 46.2 Å². The number of aryl methyl sites for hydroxylation is 2. The molecule has 0 amide bonds. The van der Waals surface area contributed by atoms with E-state index in [1.165, 1.54) is 16.7 Å². The van der Waals surface area contributed by atoms with Gasteiger partial charge in [-0.1, -0.05) is 23.8 Å². The van der Waals surface area contributed by atoms with E-state index in [1.807, 2.05) is 0 Å². The van der Waals surface area contributed by atoms with Gasteiger partial charge in [-0.3, -0.25) is 0 Å². The molecule has 3 N–H and O–H groups in total. The van der Waals surface area contributed by atoms with Crippen LogP contribution in [-0.4, -0.2) is 11.7 Å². The molecule has 0 aromatic heterocycles. The SMILES string of the molecule is Cc1ccc([C@@H](N)CCCO)c(C)c1.Cl. The van der Waals surface area contributed by atoms with Gasteiger partial charge in [0.2, 0.25) is 0 Å². The van der Waals surface area contributed by atoms with Crippen LogP contribution in [0.5, 0.6) is 0 Å². The van der Waals surface area contributed by atoms with E-state index < -0.39 is 0 Å². The van der Waals surface area contributed by atoms with E-state index in [4.69, 9.17) is 10.8 Å². The van der Waals surface area contributed by atoms with Gasteiger partial charge in [0.25, 0.3) is 0 Å². The van der Waals surface area contributed by atoms with Gasteiger partial charge in [0.05, 0.1) is 0 Å². The summed E-state index contributed by atoms with van der Waals surface area (Å²) in [5.41, 5.74) is 9.73. The first kappa shape index (κ1) is 14.4. The van der Waals surface area contributed by atoms with Crippen molar-refractivity contribution in [3.8, 4) is 0 Å². The first-order chi connectivity index (χ1) is 6.65. The van der Waals surface area contributed by atoms with E-state index in [9.17, 15) is 0 Å². The lowest BCUT2D eigenvalue weighted by atomic mass is 9.97. The van der Waals surface area contributed by atoms with Crippen LogP contribution in [0.2, 0.25) is 0 Å². The van der Waals surface area contributed by atoms with Gasteiger partial charge in [0, 0.05) is 12.6 Å². The molecule has 86 valence electrons. The predicted octanol–water partition coefficient (Wildman–Crippen LogP) is 2.50. The molecule has 0 saturated heterocycles. The summed E-state index contributed by atoms with van der Waals surface area (Å²) < 4.78 is 0. The Morgan fingerprint density at radius 1 is 1.33 bits per heavy atom. The van der Waals surface area contributed by atoms with Crippen molar-refractivity contribution in [2.24, 2.45) is 5.73 Å². The smallest absolute Gasteiger partial charge is 0.0431 e. The van der Waals surface area contributed by atoms with Crippen LogP contribution in [0, 0.1) is 13.8 Å². The van der Waals surface area contributed by atoms with Crippen molar-refractivity contribution in [3.63, 3.8) is 0 Å². The third-order valence-electron chi connectivity index (χ3n) is 2.50. The molecule has 0 bridgehead atoms. The molecule has 0 aliphatic rings. The number of halogens is 1. The Morgan fingerprint density at radius 2 is 2.00 bits per heavy atom. The second-order valence-corrected chi connectivity index (χ2v) is 3.83. The number of nitrogens with two attached hydrogens (primary N) is 1. The highest BCUT2D eigenvalue weighted by molar-refractivity contribution is 5.85. The Bertz CT molecular complexity index is 302. The highest BCUT2D eigenvalue weighted by Gasteiger charge is 2.07. The van der Waals surface area contributed by atoms with Crippen molar-refractivity contribution >= 4 is 12.4 Å². The van der Waals surface area contributed by atoms with Crippen molar-refractivity contribution < 1.29 is 5.11 Å². The van der Waals surface area contributed by atoms with Gasteiger partial charge in [-0.2, -0.15) is 0 Å². The van der Waals surface area contributed by atoms with E-state index in [-0.39, 0.29) is 25.1 Å². The largest absolute Gasteiger partial charge is 0.396 e. The molecule has 0 spiro atoms. The van der Waals surface area contributed by atoms with Crippen molar-refractivity contribution in [1.82, 2.24) is 0 Å². The predicted molar refractivity (Wildman–Crippen MR) is 66.4 cm³/mol. The summed E-state index contributed by atoms with van der Waals surface area (Å²) >= 11 is 0. The van der Waals surface area contributed by atoms with Crippen LogP contribution in [-0.2, 0) is 0 Å². The lowest BCUT2D eigenvalue weighted by Crippen LogP contribution is -2.12. The minimum atomic E-state index is 0. The first-order valence-corrected chi connectivity index (χ1v) is 5.08. The van der Waals surface area contributed by atoms with Gasteiger partial charge < -0.3 is 10.8 Å². The summed E-state index contributed by atoms with van der Waals surface area (Å²) in [5, 5.41) is 8.72. The fourth-order valence-electron chi connectivity index (χ4n) is 1.71. The highest BCUT2D eigenvalue weighted by atomic mass is 35.5. The number of aliphatic hydroxyl groups is 1. The van der Waals surface area contributed by atoms with Gasteiger partial charge in [0.15, 0.2) is 0 Å². The maximum atomic E-state index is 8.72. The third kappa shape index (κ3) is 4.20. The van der Waals surface area contributed by atoms with Crippen molar-refractivity contribution in [3.05, 3.63) is 34.9 Å². The monoisotopic (exact) mass is 229 g/mol. The van der Waals surface area contributed by atoms with Gasteiger partial charge >= 0.3 is 0 Å². The van der Waals surface area contributed by atoms with Crippen LogP contribution < -0.4 is 5.73 Å². The zero-order chi connectivity index (χ0) is 10.6. The maximum Gasteiger partial charge on any atom is 0.0431 e. The molecule has 3 heteroatoms. The Kier molecular flexibility index (Phi) is 6.57. The second kappa shape index (κ2) is 6.83. The number of rotatable bonds is 4. The molecular weight excluding hydrogens is 210 g/mol. The molecule has 0 heterocycles. The Morgan fingerprint density at radius 3 is 2.53 bits per heavy atom. The summed E-state index contributed by atoms with van der Waals surface area (Å²) in [7, 11) is 0. The Hall–Kier alpha value is -0.570. The highest BCUT2D eigenvalue weighted by Crippen LogP contribution is 2.20. The molecule has 2 nitrogen and oxygen atoms in total. The summed E-state index contributed by atoms with van der Waals surface area (Å²) in [6.07, 6.45) is 1.62. The summed E-state index contributed by atoms with van der Waals surface area (Å²) in [6.45, 7) is 4.38. The molecule has 15 heavy (non-hydrogen) atoms. The molecule has 1 aromatic carbocycles. The van der Waals surface area contributed by atoms with Crippen LogP contribution in [0.4, 0.5) is 0 Å². The molecule has 0 radical (unpaired) electrons. The minimum absolute atomic E-state index is 0. The zero-order valence-electron chi connectivity index (χ0n) is 9.36. The normalized spacial score (nSPS) is 12.0. The Labute approximate surface area is 97.9 Å². The molecule has 1 atom stereocenters. The standard InChI is InChI=1S/C12H19NO.ClH/c1-9-5-6-11(10(2)8-9)12(13)4-3-7-14;/h5-6,8,12,14H,3-4,7,13H2,1-2H3;1H/t12-;/m0./s1. The van der Waals surface area contributed by atoms with Gasteiger partial charge in [-0.05, 0) is 37.8 Å². The first-order valence-electron chi connectivity index (χ1n) is 5.08. The number of hydrogen-bond acceptors (Lipinski definition) is 2. The number of aliphatic hydroxyl groups excluding tert-OH is 1. The molecule has 0 fully saturated rings. The van der Waals surface area contributed by atoms with Gasteiger partial charge in [-0.25, -0.2) is 0 Å². The van der Waals surface area contributed by atoms with Crippen molar-refractivity contribution in [2.75, 3.05) is 6.61 Å². The van der Waals surface area contributed by atoms with E-state index in [1.54, 1.807) is 0 Å². The average molecular weight is 230 g/mol. The van der Waals surface area contributed by atoms with Crippen LogP contribution in [0.1, 0.15) is 35.6 Å². The van der Waals surface area contributed by atoms with Crippen molar-refractivity contribution in [1.29, 1.82) is 0 Å². The van der Waals surface area contributed by atoms with Crippen LogP contribution in [0.15, 0.2) is 18.2 Å². The van der Waals surface area contributed by atoms with E-state index in [0.29, 0.717) is 0 Å². The molecule has 1 aromatic rings. The Balaban J connectivity index is 0.00000196. The van der Waals surface area contributed by atoms with E-state index in [0.717, 1.165) is 12.8 Å². The average Bonchev–Trinajstić information content (AvgIpc) is 2.14. The molecule has 1 rings (SSSR count). The minimum Gasteiger partial charge on any atom is -0.396 e. The van der Waals surface area contributed by atoms with Crippen LogP contribution in [0.3, 0.4) is 0 Å². The van der Waals surface area contributed by atoms with Crippen molar-refractivity contribution in [2.45, 2.75) is 32.7 Å². The molecule has 0 aliphatic heterocycles. The van der Waals surface area contributed by atoms with Crippen LogP contribution >= 0.6 is 12.4 Å². The fraction of sp³-hybridized carbons (Fsp3) is 0.500. The maximum absolute atomic E-state index is 8.72. The lowest BCUT2D eigenvalue weighted by Gasteiger charge is -2.14. The van der Waals surface area contributed by atoms with Gasteiger partial charge in [-0.15, -0.1) is 12.4 Å². The zero-order valence-corrected chi connectivity index (χ0v) is 10.2. The molecule has 0 unspecified atom stereocenters. The molecule has 0 saturated carbocycles. The van der Waals surface area contributed by atoms with Crippen LogP contribution in [0.25, 0.3) is 0 Å². The summed E-state index contributed by atoms with van der Waals surface area (Å²) in [6, 6.07) is 6.38. The summed E-state index contributed by atoms with van der Waals surface area (Å²) in [5.74, 6) is 0. The second-order valence-electron chi connectivity index (χ2n) is 3.83. The quantitative estimate of drug-likeness (QED) is 0.834. The van der Waals surface area contributed by atoms with E-state index >= 15 is 0 Å². The summed E-state index contributed by atoms with van der Waals surface area (Å²) in [4.78, 5) is 0. The molecular formula is C12H20ClNO. The molecule has 0 aliphatic carbocycles. The fourth-order valence-corrected chi connectivity index (χ4v) is 1.71. The lowest BCUT2D eigenvalue weighted by molar-refractivity contribution is 0.280. The van der Waals surface area contributed by atoms with Gasteiger partial charge in [0.1, 0.15) is 0 Å².